The Hall–Kier alpha value is -0.960. The van der Waals surface area contributed by atoms with Crippen LogP contribution in [0.3, 0.4) is 0 Å². The molecule has 0 unspecified atom stereocenters. The molecule has 0 bridgehead atoms. The van der Waals surface area contributed by atoms with Crippen LogP contribution in [0.5, 0.6) is 0 Å². The van der Waals surface area contributed by atoms with Gasteiger partial charge < -0.3 is 5.11 Å². The van der Waals surface area contributed by atoms with Gasteiger partial charge >= 0.3 is 0 Å². The summed E-state index contributed by atoms with van der Waals surface area (Å²) in [5.41, 5.74) is -0.121. The van der Waals surface area contributed by atoms with Gasteiger partial charge in [-0.05, 0) is 48.8 Å². The molecule has 24 heavy (non-hydrogen) atoms. The van der Waals surface area contributed by atoms with E-state index in [9.17, 15) is 16.8 Å². The van der Waals surface area contributed by atoms with E-state index in [1.807, 2.05) is 6.92 Å². The minimum atomic E-state index is -3.78. The van der Waals surface area contributed by atoms with Crippen molar-refractivity contribution in [2.45, 2.75) is 42.4 Å². The molecule has 2 N–H and O–H groups in total. The molecule has 0 heterocycles. The first-order valence-corrected chi connectivity index (χ1v) is 11.4. The number of rotatable bonds is 8. The maximum Gasteiger partial charge on any atom is 0.240 e. The Morgan fingerprint density at radius 2 is 1.83 bits per heavy atom. The van der Waals surface area contributed by atoms with Crippen LogP contribution in [0.15, 0.2) is 34.1 Å². The SMILES string of the molecule is C[C@H](CCO)C1(CNS(=O)(=O)c2cccc(S(C)(=O)=O)c2)CCC1. The van der Waals surface area contributed by atoms with Gasteiger partial charge in [-0.15, -0.1) is 0 Å². The third kappa shape index (κ3) is 4.17. The molecule has 8 heteroatoms. The first-order chi connectivity index (χ1) is 11.1. The zero-order valence-electron chi connectivity index (χ0n) is 14.0. The highest BCUT2D eigenvalue weighted by atomic mass is 32.2. The molecule has 1 atom stereocenters. The Morgan fingerprint density at radius 3 is 2.33 bits per heavy atom. The lowest BCUT2D eigenvalue weighted by atomic mass is 9.61. The van der Waals surface area contributed by atoms with Crippen LogP contribution in [0.25, 0.3) is 0 Å². The van der Waals surface area contributed by atoms with Gasteiger partial charge in [0.25, 0.3) is 0 Å². The number of aliphatic hydroxyl groups excluding tert-OH is 1. The molecule has 1 saturated carbocycles. The van der Waals surface area contributed by atoms with E-state index in [0.717, 1.165) is 25.5 Å². The number of benzene rings is 1. The lowest BCUT2D eigenvalue weighted by Gasteiger charge is -2.46. The Bertz CT molecular complexity index is 782. The minimum Gasteiger partial charge on any atom is -0.396 e. The fourth-order valence-electron chi connectivity index (χ4n) is 3.17. The van der Waals surface area contributed by atoms with Crippen molar-refractivity contribution in [1.29, 1.82) is 0 Å². The highest BCUT2D eigenvalue weighted by Gasteiger charge is 2.42. The smallest absolute Gasteiger partial charge is 0.240 e. The summed E-state index contributed by atoms with van der Waals surface area (Å²) in [6.45, 7) is 2.43. The van der Waals surface area contributed by atoms with Crippen LogP contribution >= 0.6 is 0 Å². The first kappa shape index (κ1) is 19.4. The lowest BCUT2D eigenvalue weighted by molar-refractivity contribution is 0.0487. The van der Waals surface area contributed by atoms with Gasteiger partial charge in [0.2, 0.25) is 10.0 Å². The van der Waals surface area contributed by atoms with Gasteiger partial charge in [0.05, 0.1) is 9.79 Å². The number of hydrogen-bond acceptors (Lipinski definition) is 5. The largest absolute Gasteiger partial charge is 0.396 e. The standard InChI is InChI=1S/C16H25NO5S2/c1-13(7-10-18)16(8-4-9-16)12-17-24(21,22)15-6-3-5-14(11-15)23(2,19)20/h3,5-6,11,13,17-18H,4,7-10,12H2,1-2H3/t13-/m1/s1. The fraction of sp³-hybridized carbons (Fsp3) is 0.625. The predicted molar refractivity (Wildman–Crippen MR) is 91.9 cm³/mol. The normalized spacial score (nSPS) is 18.8. The monoisotopic (exact) mass is 375 g/mol. The van der Waals surface area contributed by atoms with Gasteiger partial charge in [-0.1, -0.05) is 19.4 Å². The molecule has 1 aliphatic carbocycles. The molecule has 0 aliphatic heterocycles. The fourth-order valence-corrected chi connectivity index (χ4v) is 5.09. The summed E-state index contributed by atoms with van der Waals surface area (Å²) in [5.74, 6) is 0.223. The Balaban J connectivity index is 2.17. The van der Waals surface area contributed by atoms with Crippen molar-refractivity contribution >= 4 is 19.9 Å². The summed E-state index contributed by atoms with van der Waals surface area (Å²) in [5, 5.41) is 9.14. The Morgan fingerprint density at radius 1 is 1.21 bits per heavy atom. The van der Waals surface area contributed by atoms with Crippen LogP contribution in [0.1, 0.15) is 32.6 Å². The Labute approximate surface area is 144 Å². The average molecular weight is 376 g/mol. The summed E-state index contributed by atoms with van der Waals surface area (Å²) >= 11 is 0. The molecule has 0 amide bonds. The maximum absolute atomic E-state index is 12.5. The van der Waals surface area contributed by atoms with Crippen molar-refractivity contribution in [1.82, 2.24) is 4.72 Å². The van der Waals surface area contributed by atoms with E-state index in [4.69, 9.17) is 5.11 Å². The number of sulfone groups is 1. The molecular formula is C16H25NO5S2. The van der Waals surface area contributed by atoms with Gasteiger partial charge in [-0.3, -0.25) is 0 Å². The van der Waals surface area contributed by atoms with E-state index < -0.39 is 19.9 Å². The van der Waals surface area contributed by atoms with E-state index in [-0.39, 0.29) is 27.7 Å². The highest BCUT2D eigenvalue weighted by Crippen LogP contribution is 2.47. The maximum atomic E-state index is 12.5. The molecule has 1 aliphatic rings. The van der Waals surface area contributed by atoms with Crippen molar-refractivity contribution in [2.75, 3.05) is 19.4 Å². The summed E-state index contributed by atoms with van der Waals surface area (Å²) in [4.78, 5) is -0.0629. The second kappa shape index (κ2) is 7.11. The third-order valence-corrected chi connectivity index (χ3v) is 7.62. The van der Waals surface area contributed by atoms with Crippen molar-refractivity contribution in [2.24, 2.45) is 11.3 Å². The van der Waals surface area contributed by atoms with E-state index in [2.05, 4.69) is 4.72 Å². The summed E-state index contributed by atoms with van der Waals surface area (Å²) < 4.78 is 50.9. The van der Waals surface area contributed by atoms with Gasteiger partial charge in [-0.2, -0.15) is 0 Å². The zero-order chi connectivity index (χ0) is 18.0. The van der Waals surface area contributed by atoms with Crippen LogP contribution in [0.4, 0.5) is 0 Å². The van der Waals surface area contributed by atoms with Crippen molar-refractivity contribution in [3.63, 3.8) is 0 Å². The van der Waals surface area contributed by atoms with E-state index in [0.29, 0.717) is 13.0 Å². The second-order valence-electron chi connectivity index (χ2n) is 6.70. The Kier molecular flexibility index (Phi) is 5.74. The first-order valence-electron chi connectivity index (χ1n) is 8.01. The predicted octanol–water partition coefficient (Wildman–Crippen LogP) is 1.56. The number of nitrogens with one attached hydrogen (secondary N) is 1. The zero-order valence-corrected chi connectivity index (χ0v) is 15.7. The number of hydrogen-bond donors (Lipinski definition) is 2. The number of aliphatic hydroxyl groups is 1. The topological polar surface area (TPSA) is 101 Å². The molecule has 2 rings (SSSR count). The van der Waals surface area contributed by atoms with Crippen molar-refractivity contribution in [3.8, 4) is 0 Å². The number of sulfonamides is 1. The van der Waals surface area contributed by atoms with Gasteiger partial charge in [0, 0.05) is 19.4 Å². The van der Waals surface area contributed by atoms with Crippen LogP contribution in [0, 0.1) is 11.3 Å². The molecule has 1 fully saturated rings. The van der Waals surface area contributed by atoms with Crippen molar-refractivity contribution in [3.05, 3.63) is 24.3 Å². The van der Waals surface area contributed by atoms with Gasteiger partial charge in [-0.25, -0.2) is 21.6 Å². The minimum absolute atomic E-state index is 0.0163. The lowest BCUT2D eigenvalue weighted by Crippen LogP contribution is -2.46. The highest BCUT2D eigenvalue weighted by molar-refractivity contribution is 7.91. The molecule has 0 spiro atoms. The molecule has 1 aromatic carbocycles. The molecule has 0 radical (unpaired) electrons. The van der Waals surface area contributed by atoms with Crippen LogP contribution in [0.2, 0.25) is 0 Å². The molecular weight excluding hydrogens is 350 g/mol. The summed E-state index contributed by atoms with van der Waals surface area (Å²) in [6, 6.07) is 5.38. The summed E-state index contributed by atoms with van der Waals surface area (Å²) in [7, 11) is -7.24. The van der Waals surface area contributed by atoms with Gasteiger partial charge in [0.1, 0.15) is 0 Å². The molecule has 0 saturated heterocycles. The molecule has 136 valence electrons. The molecule has 6 nitrogen and oxygen atoms in total. The van der Waals surface area contributed by atoms with E-state index >= 15 is 0 Å². The van der Waals surface area contributed by atoms with E-state index in [1.165, 1.54) is 24.3 Å². The van der Waals surface area contributed by atoms with Crippen LogP contribution < -0.4 is 4.72 Å². The van der Waals surface area contributed by atoms with Crippen LogP contribution in [-0.2, 0) is 19.9 Å². The van der Waals surface area contributed by atoms with Crippen LogP contribution in [-0.4, -0.2) is 41.3 Å². The molecule has 0 aromatic heterocycles. The quantitative estimate of drug-likeness (QED) is 0.718. The third-order valence-electron chi connectivity index (χ3n) is 5.12. The van der Waals surface area contributed by atoms with E-state index in [1.54, 1.807) is 0 Å². The average Bonchev–Trinajstić information content (AvgIpc) is 2.45. The van der Waals surface area contributed by atoms with Crippen molar-refractivity contribution < 1.29 is 21.9 Å². The second-order valence-corrected chi connectivity index (χ2v) is 10.5. The van der Waals surface area contributed by atoms with Gasteiger partial charge in [0.15, 0.2) is 9.84 Å². The molecule has 1 aromatic rings. The summed E-state index contributed by atoms with van der Waals surface area (Å²) in [6.07, 6.45) is 4.61.